The molecule has 1 aromatic rings. The molecular weight excluding hydrogens is 270 g/mol. The lowest BCUT2D eigenvalue weighted by atomic mass is 9.98. The average molecular weight is 293 g/mol. The first-order valence-corrected chi connectivity index (χ1v) is 8.45. The number of rotatable bonds is 6. The van der Waals surface area contributed by atoms with Crippen molar-refractivity contribution >= 4 is 17.7 Å². The van der Waals surface area contributed by atoms with E-state index in [1.807, 2.05) is 42.1 Å². The summed E-state index contributed by atoms with van der Waals surface area (Å²) in [7, 11) is 0. The first-order chi connectivity index (χ1) is 9.79. The number of carbonyl (C=O) groups excluding carboxylic acids is 1. The molecule has 0 aromatic heterocycles. The summed E-state index contributed by atoms with van der Waals surface area (Å²) >= 11 is 1.98. The van der Waals surface area contributed by atoms with Crippen LogP contribution in [0.15, 0.2) is 30.3 Å². The van der Waals surface area contributed by atoms with Gasteiger partial charge in [0.25, 0.3) is 0 Å². The maximum atomic E-state index is 12.4. The molecule has 0 unspecified atom stereocenters. The normalized spacial score (nSPS) is 16.1. The van der Waals surface area contributed by atoms with Crippen molar-refractivity contribution in [3.63, 3.8) is 0 Å². The highest BCUT2D eigenvalue weighted by Crippen LogP contribution is 2.26. The third-order valence-corrected chi connectivity index (χ3v) is 4.79. The van der Waals surface area contributed by atoms with Gasteiger partial charge in [-0.15, -0.1) is 0 Å². The van der Waals surface area contributed by atoms with E-state index in [1.54, 1.807) is 4.90 Å². The molecule has 2 rings (SSSR count). The number of hydrogen-bond acceptors (Lipinski definition) is 3. The lowest BCUT2D eigenvalue weighted by Gasteiger charge is -2.26. The van der Waals surface area contributed by atoms with Crippen molar-refractivity contribution in [2.24, 2.45) is 5.92 Å². The smallest absolute Gasteiger partial charge is 0.223 e. The van der Waals surface area contributed by atoms with E-state index in [-0.39, 0.29) is 12.5 Å². The lowest BCUT2D eigenvalue weighted by Crippen LogP contribution is -2.34. The van der Waals surface area contributed by atoms with Crippen LogP contribution in [0.25, 0.3) is 0 Å². The Hall–Kier alpha value is -1.00. The van der Waals surface area contributed by atoms with E-state index in [0.29, 0.717) is 25.4 Å². The fourth-order valence-electron chi connectivity index (χ4n) is 2.54. The van der Waals surface area contributed by atoms with Gasteiger partial charge in [0, 0.05) is 19.5 Å². The van der Waals surface area contributed by atoms with Crippen LogP contribution in [0, 0.1) is 5.92 Å². The van der Waals surface area contributed by atoms with Crippen molar-refractivity contribution < 1.29 is 9.90 Å². The molecule has 1 saturated heterocycles. The Bertz CT molecular complexity index is 404. The Labute approximate surface area is 125 Å². The van der Waals surface area contributed by atoms with Crippen molar-refractivity contribution in [2.75, 3.05) is 24.7 Å². The van der Waals surface area contributed by atoms with Gasteiger partial charge in [0.15, 0.2) is 0 Å². The predicted octanol–water partition coefficient (Wildman–Crippen LogP) is 2.54. The van der Waals surface area contributed by atoms with E-state index in [9.17, 15) is 9.90 Å². The van der Waals surface area contributed by atoms with Gasteiger partial charge in [-0.25, -0.2) is 0 Å². The SMILES string of the molecule is O=C(CC1CCSCC1)N(CCO)Cc1ccccc1. The third-order valence-electron chi connectivity index (χ3n) is 3.74. The van der Waals surface area contributed by atoms with Crippen molar-refractivity contribution in [3.05, 3.63) is 35.9 Å². The quantitative estimate of drug-likeness (QED) is 0.876. The van der Waals surface area contributed by atoms with Crippen molar-refractivity contribution in [1.29, 1.82) is 0 Å². The van der Waals surface area contributed by atoms with E-state index < -0.39 is 0 Å². The van der Waals surface area contributed by atoms with Crippen LogP contribution in [0.2, 0.25) is 0 Å². The monoisotopic (exact) mass is 293 g/mol. The fourth-order valence-corrected chi connectivity index (χ4v) is 3.75. The Morgan fingerprint density at radius 3 is 2.60 bits per heavy atom. The summed E-state index contributed by atoms with van der Waals surface area (Å²) in [6, 6.07) is 9.98. The highest BCUT2D eigenvalue weighted by molar-refractivity contribution is 7.99. The maximum absolute atomic E-state index is 12.4. The summed E-state index contributed by atoms with van der Waals surface area (Å²) in [5.41, 5.74) is 1.12. The summed E-state index contributed by atoms with van der Waals surface area (Å²) in [6.45, 7) is 1.05. The van der Waals surface area contributed by atoms with Gasteiger partial charge in [0.05, 0.1) is 6.61 Å². The molecule has 0 saturated carbocycles. The van der Waals surface area contributed by atoms with Gasteiger partial charge >= 0.3 is 0 Å². The highest BCUT2D eigenvalue weighted by atomic mass is 32.2. The molecule has 4 heteroatoms. The van der Waals surface area contributed by atoms with E-state index in [4.69, 9.17) is 0 Å². The van der Waals surface area contributed by atoms with Crippen LogP contribution < -0.4 is 0 Å². The summed E-state index contributed by atoms with van der Waals surface area (Å²) < 4.78 is 0. The van der Waals surface area contributed by atoms with Gasteiger partial charge in [-0.05, 0) is 35.8 Å². The van der Waals surface area contributed by atoms with Gasteiger partial charge in [-0.2, -0.15) is 11.8 Å². The molecule has 1 heterocycles. The molecule has 1 amide bonds. The Kier molecular flexibility index (Phi) is 6.40. The largest absolute Gasteiger partial charge is 0.395 e. The fraction of sp³-hybridized carbons (Fsp3) is 0.562. The molecule has 1 aromatic carbocycles. The summed E-state index contributed by atoms with van der Waals surface area (Å²) in [6.07, 6.45) is 2.93. The number of aliphatic hydroxyl groups excluding tert-OH is 1. The zero-order valence-corrected chi connectivity index (χ0v) is 12.6. The minimum atomic E-state index is 0.0269. The number of carbonyl (C=O) groups is 1. The molecule has 0 radical (unpaired) electrons. The molecule has 1 fully saturated rings. The molecule has 3 nitrogen and oxygen atoms in total. The zero-order chi connectivity index (χ0) is 14.2. The zero-order valence-electron chi connectivity index (χ0n) is 11.8. The first kappa shape index (κ1) is 15.4. The molecule has 1 aliphatic rings. The van der Waals surface area contributed by atoms with Crippen LogP contribution in [0.5, 0.6) is 0 Å². The third kappa shape index (κ3) is 4.84. The standard InChI is InChI=1S/C16H23NO2S/c18-9-8-17(13-15-4-2-1-3-5-15)16(19)12-14-6-10-20-11-7-14/h1-5,14,18H,6-13H2. The molecule has 0 bridgehead atoms. The van der Waals surface area contributed by atoms with Crippen molar-refractivity contribution in [1.82, 2.24) is 4.90 Å². The molecule has 1 aliphatic heterocycles. The topological polar surface area (TPSA) is 40.5 Å². The average Bonchev–Trinajstić information content (AvgIpc) is 2.49. The minimum Gasteiger partial charge on any atom is -0.395 e. The van der Waals surface area contributed by atoms with Gasteiger partial charge in [0.2, 0.25) is 5.91 Å². The maximum Gasteiger partial charge on any atom is 0.223 e. The second-order valence-electron chi connectivity index (χ2n) is 5.28. The van der Waals surface area contributed by atoms with E-state index >= 15 is 0 Å². The van der Waals surface area contributed by atoms with Gasteiger partial charge in [-0.3, -0.25) is 4.79 Å². The van der Waals surface area contributed by atoms with Crippen LogP contribution in [-0.2, 0) is 11.3 Å². The van der Waals surface area contributed by atoms with Crippen LogP contribution in [-0.4, -0.2) is 40.6 Å². The molecule has 1 N–H and O–H groups in total. The first-order valence-electron chi connectivity index (χ1n) is 7.30. The second kappa shape index (κ2) is 8.32. The molecule has 20 heavy (non-hydrogen) atoms. The van der Waals surface area contributed by atoms with Gasteiger partial charge in [-0.1, -0.05) is 30.3 Å². The van der Waals surface area contributed by atoms with Crippen molar-refractivity contribution in [2.45, 2.75) is 25.8 Å². The second-order valence-corrected chi connectivity index (χ2v) is 6.51. The molecule has 0 atom stereocenters. The van der Waals surface area contributed by atoms with E-state index in [1.165, 1.54) is 11.5 Å². The predicted molar refractivity (Wildman–Crippen MR) is 83.6 cm³/mol. The molecule has 0 aliphatic carbocycles. The summed E-state index contributed by atoms with van der Waals surface area (Å²) in [5.74, 6) is 3.06. The van der Waals surface area contributed by atoms with Gasteiger partial charge in [0.1, 0.15) is 0 Å². The number of thioether (sulfide) groups is 1. The van der Waals surface area contributed by atoms with E-state index in [2.05, 4.69) is 0 Å². The van der Waals surface area contributed by atoms with Crippen LogP contribution in [0.1, 0.15) is 24.8 Å². The highest BCUT2D eigenvalue weighted by Gasteiger charge is 2.21. The number of benzene rings is 1. The Morgan fingerprint density at radius 1 is 1.25 bits per heavy atom. The molecule has 0 spiro atoms. The number of aliphatic hydroxyl groups is 1. The van der Waals surface area contributed by atoms with Crippen LogP contribution in [0.4, 0.5) is 0 Å². The Balaban J connectivity index is 1.91. The van der Waals surface area contributed by atoms with Crippen LogP contribution in [0.3, 0.4) is 0 Å². The summed E-state index contributed by atoms with van der Waals surface area (Å²) in [4.78, 5) is 14.2. The van der Waals surface area contributed by atoms with Crippen LogP contribution >= 0.6 is 11.8 Å². The lowest BCUT2D eigenvalue weighted by molar-refractivity contribution is -0.133. The molecular formula is C16H23NO2S. The van der Waals surface area contributed by atoms with E-state index in [0.717, 1.165) is 18.4 Å². The molecule has 110 valence electrons. The number of amides is 1. The van der Waals surface area contributed by atoms with Crippen molar-refractivity contribution in [3.8, 4) is 0 Å². The van der Waals surface area contributed by atoms with Gasteiger partial charge < -0.3 is 10.0 Å². The number of hydrogen-bond donors (Lipinski definition) is 1. The summed E-state index contributed by atoms with van der Waals surface area (Å²) in [5, 5.41) is 9.17. The number of nitrogens with zero attached hydrogens (tertiary/aromatic N) is 1. The minimum absolute atomic E-state index is 0.0269. The Morgan fingerprint density at radius 2 is 1.95 bits per heavy atom.